The summed E-state index contributed by atoms with van der Waals surface area (Å²) in [5.41, 5.74) is 0.0143. The van der Waals surface area contributed by atoms with E-state index in [0.717, 1.165) is 19.0 Å². The van der Waals surface area contributed by atoms with Crippen LogP contribution in [-0.2, 0) is 4.74 Å². The lowest BCUT2D eigenvalue weighted by molar-refractivity contribution is 0.0447. The van der Waals surface area contributed by atoms with Crippen LogP contribution in [0.4, 0.5) is 13.9 Å². The first kappa shape index (κ1) is 16.2. The third-order valence-corrected chi connectivity index (χ3v) is 4.81. The summed E-state index contributed by atoms with van der Waals surface area (Å²) in [6.07, 6.45) is 0.793. The van der Waals surface area contributed by atoms with E-state index in [4.69, 9.17) is 4.74 Å². The van der Waals surface area contributed by atoms with Crippen LogP contribution in [0.1, 0.15) is 6.42 Å². The number of benzene rings is 1. The molecule has 1 aromatic carbocycles. The molecule has 1 saturated heterocycles. The zero-order valence-electron chi connectivity index (χ0n) is 12.6. The number of aromatic nitrogens is 2. The Kier molecular flexibility index (Phi) is 4.56. The van der Waals surface area contributed by atoms with Gasteiger partial charge >= 0.3 is 0 Å². The number of methoxy groups -OCH3 is 1. The molecule has 23 heavy (non-hydrogen) atoms. The summed E-state index contributed by atoms with van der Waals surface area (Å²) in [7, 11) is 1.61. The second kappa shape index (κ2) is 6.46. The van der Waals surface area contributed by atoms with Gasteiger partial charge < -0.3 is 14.7 Å². The summed E-state index contributed by atoms with van der Waals surface area (Å²) in [5, 5.41) is 10.3. The summed E-state index contributed by atoms with van der Waals surface area (Å²) in [4.78, 5) is 6.40. The van der Waals surface area contributed by atoms with Gasteiger partial charge in [0.1, 0.15) is 11.6 Å². The van der Waals surface area contributed by atoms with Crippen LogP contribution in [0.3, 0.4) is 0 Å². The van der Waals surface area contributed by atoms with Crippen molar-refractivity contribution in [1.29, 1.82) is 0 Å². The lowest BCUT2D eigenvalue weighted by atomic mass is 9.89. The van der Waals surface area contributed by atoms with Crippen molar-refractivity contribution in [1.82, 2.24) is 9.36 Å². The minimum Gasteiger partial charge on any atom is -0.396 e. The van der Waals surface area contributed by atoms with Gasteiger partial charge in [-0.2, -0.15) is 9.36 Å². The van der Waals surface area contributed by atoms with E-state index in [1.54, 1.807) is 7.11 Å². The SMILES string of the molecule is COCC1(CO)CCN(c2nc(-c3cc(F)cc(F)c3)ns2)C1. The highest BCUT2D eigenvalue weighted by molar-refractivity contribution is 7.09. The highest BCUT2D eigenvalue weighted by Crippen LogP contribution is 2.35. The summed E-state index contributed by atoms with van der Waals surface area (Å²) in [6.45, 7) is 1.86. The second-order valence-electron chi connectivity index (χ2n) is 5.82. The van der Waals surface area contributed by atoms with Gasteiger partial charge in [-0.3, -0.25) is 0 Å². The van der Waals surface area contributed by atoms with Crippen molar-refractivity contribution in [3.8, 4) is 11.4 Å². The molecule has 2 aromatic rings. The van der Waals surface area contributed by atoms with E-state index in [1.807, 2.05) is 4.90 Å². The standard InChI is InChI=1S/C15H17F2N3O2S/c1-22-9-15(8-21)2-3-20(7-15)14-18-13(19-23-14)10-4-11(16)6-12(17)5-10/h4-6,21H,2-3,7-9H2,1H3. The van der Waals surface area contributed by atoms with Gasteiger partial charge in [-0.05, 0) is 18.6 Å². The van der Waals surface area contributed by atoms with Gasteiger partial charge in [0, 0.05) is 48.8 Å². The fraction of sp³-hybridized carbons (Fsp3) is 0.467. The molecule has 2 heterocycles. The van der Waals surface area contributed by atoms with Gasteiger partial charge in [0.05, 0.1) is 13.2 Å². The van der Waals surface area contributed by atoms with Crippen molar-refractivity contribution in [2.75, 3.05) is 38.3 Å². The highest BCUT2D eigenvalue weighted by Gasteiger charge is 2.39. The third-order valence-electron chi connectivity index (χ3n) is 4.03. The van der Waals surface area contributed by atoms with Crippen molar-refractivity contribution in [3.63, 3.8) is 0 Å². The van der Waals surface area contributed by atoms with E-state index >= 15 is 0 Å². The van der Waals surface area contributed by atoms with Gasteiger partial charge in [-0.1, -0.05) is 0 Å². The highest BCUT2D eigenvalue weighted by atomic mass is 32.1. The van der Waals surface area contributed by atoms with Gasteiger partial charge in [-0.25, -0.2) is 8.78 Å². The van der Waals surface area contributed by atoms with E-state index < -0.39 is 11.6 Å². The lowest BCUT2D eigenvalue weighted by Gasteiger charge is -2.25. The van der Waals surface area contributed by atoms with Crippen LogP contribution in [0, 0.1) is 17.0 Å². The molecule has 1 aliphatic rings. The number of ether oxygens (including phenoxy) is 1. The molecule has 5 nitrogen and oxygen atoms in total. The number of aliphatic hydroxyl groups excluding tert-OH is 1. The molecule has 1 atom stereocenters. The Hall–Kier alpha value is -1.64. The number of hydrogen-bond donors (Lipinski definition) is 1. The molecule has 0 saturated carbocycles. The predicted molar refractivity (Wildman–Crippen MR) is 83.5 cm³/mol. The Morgan fingerprint density at radius 3 is 2.74 bits per heavy atom. The molecule has 124 valence electrons. The van der Waals surface area contributed by atoms with Crippen LogP contribution in [0.2, 0.25) is 0 Å². The number of anilines is 1. The van der Waals surface area contributed by atoms with Crippen LogP contribution in [-0.4, -0.2) is 47.9 Å². The van der Waals surface area contributed by atoms with Crippen molar-refractivity contribution in [2.24, 2.45) is 5.41 Å². The molecule has 0 spiro atoms. The minimum atomic E-state index is -0.656. The maximum Gasteiger partial charge on any atom is 0.205 e. The molecule has 8 heteroatoms. The molecule has 1 N–H and O–H groups in total. The third kappa shape index (κ3) is 3.34. The Bertz CT molecular complexity index is 677. The van der Waals surface area contributed by atoms with Crippen molar-refractivity contribution >= 4 is 16.7 Å². The number of rotatable bonds is 5. The Balaban J connectivity index is 1.80. The molecular formula is C15H17F2N3O2S. The van der Waals surface area contributed by atoms with Crippen molar-refractivity contribution in [2.45, 2.75) is 6.42 Å². The van der Waals surface area contributed by atoms with Crippen molar-refractivity contribution < 1.29 is 18.6 Å². The van der Waals surface area contributed by atoms with Crippen LogP contribution >= 0.6 is 11.5 Å². The van der Waals surface area contributed by atoms with Gasteiger partial charge in [0.15, 0.2) is 5.82 Å². The molecule has 1 aromatic heterocycles. The lowest BCUT2D eigenvalue weighted by Crippen LogP contribution is -2.34. The van der Waals surface area contributed by atoms with Crippen LogP contribution < -0.4 is 4.90 Å². The minimum absolute atomic E-state index is 0.0398. The van der Waals surface area contributed by atoms with Crippen LogP contribution in [0.25, 0.3) is 11.4 Å². The van der Waals surface area contributed by atoms with Crippen molar-refractivity contribution in [3.05, 3.63) is 29.8 Å². The quantitative estimate of drug-likeness (QED) is 0.904. The first-order valence-corrected chi connectivity index (χ1v) is 7.97. The zero-order chi connectivity index (χ0) is 16.4. The summed E-state index contributed by atoms with van der Waals surface area (Å²) in [6, 6.07) is 3.24. The summed E-state index contributed by atoms with van der Waals surface area (Å²) >= 11 is 1.18. The van der Waals surface area contributed by atoms with Crippen LogP contribution in [0.5, 0.6) is 0 Å². The van der Waals surface area contributed by atoms with Gasteiger partial charge in [0.25, 0.3) is 0 Å². The topological polar surface area (TPSA) is 58.5 Å². The smallest absolute Gasteiger partial charge is 0.205 e. The normalized spacial score (nSPS) is 21.1. The fourth-order valence-corrected chi connectivity index (χ4v) is 3.55. The number of hydrogen-bond acceptors (Lipinski definition) is 6. The van der Waals surface area contributed by atoms with E-state index in [2.05, 4.69) is 9.36 Å². The second-order valence-corrected chi connectivity index (χ2v) is 6.55. The van der Waals surface area contributed by atoms with Crippen LogP contribution in [0.15, 0.2) is 18.2 Å². The number of halogens is 2. The average molecular weight is 341 g/mol. The largest absolute Gasteiger partial charge is 0.396 e. The Labute approximate surface area is 136 Å². The molecular weight excluding hydrogens is 324 g/mol. The number of nitrogens with zero attached hydrogens (tertiary/aromatic N) is 3. The zero-order valence-corrected chi connectivity index (χ0v) is 13.4. The Morgan fingerprint density at radius 1 is 1.35 bits per heavy atom. The monoisotopic (exact) mass is 341 g/mol. The first-order chi connectivity index (χ1) is 11.0. The van der Waals surface area contributed by atoms with E-state index in [9.17, 15) is 13.9 Å². The average Bonchev–Trinajstić information content (AvgIpc) is 3.14. The summed E-state index contributed by atoms with van der Waals surface area (Å²) < 4.78 is 36.0. The summed E-state index contributed by atoms with van der Waals surface area (Å²) in [5.74, 6) is -1.01. The van der Waals surface area contributed by atoms with Gasteiger partial charge in [-0.15, -0.1) is 0 Å². The Morgan fingerprint density at radius 2 is 2.09 bits per heavy atom. The molecule has 1 fully saturated rings. The van der Waals surface area contributed by atoms with E-state index in [0.29, 0.717) is 29.7 Å². The molecule has 1 unspecified atom stereocenters. The molecule has 0 aliphatic carbocycles. The molecule has 0 radical (unpaired) electrons. The first-order valence-electron chi connectivity index (χ1n) is 7.20. The fourth-order valence-electron chi connectivity index (χ4n) is 2.84. The van der Waals surface area contributed by atoms with Gasteiger partial charge in [0.2, 0.25) is 5.13 Å². The number of aliphatic hydroxyl groups is 1. The van der Waals surface area contributed by atoms with E-state index in [-0.39, 0.29) is 12.0 Å². The molecule has 0 bridgehead atoms. The molecule has 3 rings (SSSR count). The van der Waals surface area contributed by atoms with E-state index in [1.165, 1.54) is 23.7 Å². The predicted octanol–water partition coefficient (Wildman–Crippen LogP) is 2.32. The molecule has 0 amide bonds. The molecule has 1 aliphatic heterocycles. The maximum absolute atomic E-state index is 13.3. The maximum atomic E-state index is 13.3.